The van der Waals surface area contributed by atoms with Gasteiger partial charge in [0.15, 0.2) is 6.61 Å². The zero-order chi connectivity index (χ0) is 20.3. The smallest absolute Gasteiger partial charge is 0.291 e. The normalized spacial score (nSPS) is 18.9. The highest BCUT2D eigenvalue weighted by atomic mass is 35.5. The minimum Gasteiger partial charge on any atom is -0.484 e. The molecular weight excluding hydrogens is 382 g/mol. The van der Waals surface area contributed by atoms with E-state index in [-0.39, 0.29) is 41.9 Å². The lowest BCUT2D eigenvalue weighted by molar-refractivity contribution is -0.124. The molecule has 2 amide bonds. The molecule has 0 unspecified atom stereocenters. The topological polar surface area (TPSA) is 98.1 Å². The number of benzene rings is 1. The Morgan fingerprint density at radius 2 is 1.96 bits per heavy atom. The Morgan fingerprint density at radius 1 is 1.25 bits per heavy atom. The van der Waals surface area contributed by atoms with Crippen molar-refractivity contribution in [2.75, 3.05) is 6.61 Å². The molecular formula is C19H24ClN5O3. The van der Waals surface area contributed by atoms with Crippen LogP contribution in [0.2, 0.25) is 5.02 Å². The second-order valence-corrected chi connectivity index (χ2v) is 8.27. The molecule has 0 aliphatic heterocycles. The van der Waals surface area contributed by atoms with Crippen molar-refractivity contribution >= 4 is 23.4 Å². The second-order valence-electron chi connectivity index (χ2n) is 7.84. The summed E-state index contributed by atoms with van der Waals surface area (Å²) in [6.07, 6.45) is 2.88. The van der Waals surface area contributed by atoms with E-state index < -0.39 is 0 Å². The van der Waals surface area contributed by atoms with Crippen LogP contribution in [0.25, 0.3) is 0 Å². The second kappa shape index (κ2) is 8.18. The predicted octanol–water partition coefficient (Wildman–Crippen LogP) is 2.14. The Balaban J connectivity index is 1.38. The molecule has 1 aromatic carbocycles. The molecule has 0 saturated heterocycles. The molecule has 8 nitrogen and oxygen atoms in total. The third-order valence-electron chi connectivity index (χ3n) is 4.39. The molecule has 3 rings (SSSR count). The van der Waals surface area contributed by atoms with E-state index >= 15 is 0 Å². The lowest BCUT2D eigenvalue weighted by Gasteiger charge is -2.35. The predicted molar refractivity (Wildman–Crippen MR) is 104 cm³/mol. The quantitative estimate of drug-likeness (QED) is 0.767. The van der Waals surface area contributed by atoms with E-state index in [1.807, 2.05) is 20.8 Å². The van der Waals surface area contributed by atoms with Gasteiger partial charge in [-0.2, -0.15) is 0 Å². The summed E-state index contributed by atoms with van der Waals surface area (Å²) in [7, 11) is 0. The summed E-state index contributed by atoms with van der Waals surface area (Å²) < 4.78 is 7.07. The van der Waals surface area contributed by atoms with Gasteiger partial charge in [0.05, 0.1) is 5.54 Å². The zero-order valence-corrected chi connectivity index (χ0v) is 16.9. The summed E-state index contributed by atoms with van der Waals surface area (Å²) in [5.41, 5.74) is -0.232. The minimum atomic E-state index is -0.304. The number of rotatable bonds is 6. The highest BCUT2D eigenvalue weighted by molar-refractivity contribution is 6.30. The Bertz CT molecular complexity index is 855. The van der Waals surface area contributed by atoms with Gasteiger partial charge >= 0.3 is 0 Å². The van der Waals surface area contributed by atoms with E-state index in [9.17, 15) is 9.59 Å². The maximum absolute atomic E-state index is 12.2. The first-order valence-corrected chi connectivity index (χ1v) is 9.49. The van der Waals surface area contributed by atoms with Crippen LogP contribution in [0, 0.1) is 0 Å². The third-order valence-corrected chi connectivity index (χ3v) is 4.62. The number of nitrogens with zero attached hydrogens (tertiary/aromatic N) is 3. The van der Waals surface area contributed by atoms with Crippen LogP contribution in [0.1, 0.15) is 44.2 Å². The standard InChI is InChI=1S/C19H24ClN5O3/c1-19(2,3)25-11-21-17(24-25)18(27)23-14-8-13(9-14)22-16(26)10-28-15-6-4-5-12(20)7-15/h4-7,11,13-14H,8-10H2,1-3H3,(H,22,26)(H,23,27). The van der Waals surface area contributed by atoms with Crippen LogP contribution in [-0.4, -0.2) is 45.3 Å². The van der Waals surface area contributed by atoms with Crippen molar-refractivity contribution in [1.82, 2.24) is 25.4 Å². The fourth-order valence-corrected chi connectivity index (χ4v) is 2.95. The number of carbonyl (C=O) groups is 2. The summed E-state index contributed by atoms with van der Waals surface area (Å²) in [6, 6.07) is 6.89. The highest BCUT2D eigenvalue weighted by Gasteiger charge is 2.32. The molecule has 0 spiro atoms. The zero-order valence-electron chi connectivity index (χ0n) is 16.1. The van der Waals surface area contributed by atoms with Crippen LogP contribution in [-0.2, 0) is 10.3 Å². The Labute approximate surface area is 168 Å². The summed E-state index contributed by atoms with van der Waals surface area (Å²) in [4.78, 5) is 28.3. The Hall–Kier alpha value is -2.61. The third kappa shape index (κ3) is 5.22. The minimum absolute atomic E-state index is 0.00626. The van der Waals surface area contributed by atoms with Crippen LogP contribution in [0.5, 0.6) is 5.75 Å². The lowest BCUT2D eigenvalue weighted by Crippen LogP contribution is -2.54. The van der Waals surface area contributed by atoms with Crippen molar-refractivity contribution in [3.63, 3.8) is 0 Å². The van der Waals surface area contributed by atoms with Gasteiger partial charge in [0.2, 0.25) is 5.82 Å². The summed E-state index contributed by atoms with van der Waals surface area (Å²) in [5, 5.41) is 10.5. The van der Waals surface area contributed by atoms with E-state index in [4.69, 9.17) is 16.3 Å². The maximum Gasteiger partial charge on any atom is 0.291 e. The van der Waals surface area contributed by atoms with E-state index in [2.05, 4.69) is 20.7 Å². The molecule has 9 heteroatoms. The first kappa shape index (κ1) is 20.1. The van der Waals surface area contributed by atoms with E-state index in [0.717, 1.165) is 0 Å². The van der Waals surface area contributed by atoms with Gasteiger partial charge in [0.25, 0.3) is 11.8 Å². The van der Waals surface area contributed by atoms with Crippen molar-refractivity contribution < 1.29 is 14.3 Å². The van der Waals surface area contributed by atoms with Crippen LogP contribution < -0.4 is 15.4 Å². The average Bonchev–Trinajstić information content (AvgIpc) is 3.08. The van der Waals surface area contributed by atoms with Crippen LogP contribution in [0.15, 0.2) is 30.6 Å². The largest absolute Gasteiger partial charge is 0.484 e. The maximum atomic E-state index is 12.2. The Kier molecular flexibility index (Phi) is 5.88. The molecule has 28 heavy (non-hydrogen) atoms. The molecule has 0 bridgehead atoms. The van der Waals surface area contributed by atoms with Gasteiger partial charge in [-0.3, -0.25) is 9.59 Å². The molecule has 1 fully saturated rings. The molecule has 1 heterocycles. The highest BCUT2D eigenvalue weighted by Crippen LogP contribution is 2.21. The molecule has 1 aromatic heterocycles. The lowest BCUT2D eigenvalue weighted by atomic mass is 9.86. The molecule has 0 atom stereocenters. The van der Waals surface area contributed by atoms with E-state index in [0.29, 0.717) is 23.6 Å². The van der Waals surface area contributed by atoms with Gasteiger partial charge in [-0.25, -0.2) is 9.67 Å². The molecule has 2 aromatic rings. The fourth-order valence-electron chi connectivity index (χ4n) is 2.77. The number of ether oxygens (including phenoxy) is 1. The number of hydrogen-bond acceptors (Lipinski definition) is 5. The molecule has 0 radical (unpaired) electrons. The van der Waals surface area contributed by atoms with Gasteiger partial charge < -0.3 is 15.4 Å². The molecule has 1 aliphatic carbocycles. The monoisotopic (exact) mass is 405 g/mol. The van der Waals surface area contributed by atoms with Gasteiger partial charge in [-0.15, -0.1) is 5.10 Å². The number of halogens is 1. The van der Waals surface area contributed by atoms with E-state index in [1.54, 1.807) is 35.3 Å². The van der Waals surface area contributed by atoms with E-state index in [1.165, 1.54) is 0 Å². The Morgan fingerprint density at radius 3 is 2.61 bits per heavy atom. The fraction of sp³-hybridized carbons (Fsp3) is 0.474. The summed E-state index contributed by atoms with van der Waals surface area (Å²) >= 11 is 5.88. The van der Waals surface area contributed by atoms with Crippen molar-refractivity contribution in [3.8, 4) is 5.75 Å². The first-order valence-electron chi connectivity index (χ1n) is 9.11. The summed E-state index contributed by atoms with van der Waals surface area (Å²) in [5.74, 6) is 0.184. The number of hydrogen-bond donors (Lipinski definition) is 2. The van der Waals surface area contributed by atoms with Crippen molar-refractivity contribution in [1.29, 1.82) is 0 Å². The van der Waals surface area contributed by atoms with Gasteiger partial charge in [-0.05, 0) is 51.8 Å². The van der Waals surface area contributed by atoms with Crippen LogP contribution in [0.3, 0.4) is 0 Å². The molecule has 150 valence electrons. The van der Waals surface area contributed by atoms with Crippen LogP contribution >= 0.6 is 11.6 Å². The van der Waals surface area contributed by atoms with Gasteiger partial charge in [0, 0.05) is 17.1 Å². The van der Waals surface area contributed by atoms with Crippen LogP contribution in [0.4, 0.5) is 0 Å². The van der Waals surface area contributed by atoms with Gasteiger partial charge in [0.1, 0.15) is 12.1 Å². The number of aromatic nitrogens is 3. The van der Waals surface area contributed by atoms with Crippen molar-refractivity contribution in [2.45, 2.75) is 51.2 Å². The average molecular weight is 406 g/mol. The number of carbonyl (C=O) groups excluding carboxylic acids is 2. The molecule has 2 N–H and O–H groups in total. The SMILES string of the molecule is CC(C)(C)n1cnc(C(=O)NC2CC(NC(=O)COc3cccc(Cl)c3)C2)n1. The summed E-state index contributed by atoms with van der Waals surface area (Å²) in [6.45, 7) is 5.87. The number of amides is 2. The van der Waals surface area contributed by atoms with Crippen molar-refractivity contribution in [3.05, 3.63) is 41.4 Å². The molecule has 1 aliphatic rings. The molecule has 1 saturated carbocycles. The number of nitrogens with one attached hydrogen (secondary N) is 2. The first-order chi connectivity index (χ1) is 13.2. The van der Waals surface area contributed by atoms with Crippen molar-refractivity contribution in [2.24, 2.45) is 0 Å². The van der Waals surface area contributed by atoms with Gasteiger partial charge in [-0.1, -0.05) is 17.7 Å².